The van der Waals surface area contributed by atoms with Crippen molar-refractivity contribution in [3.05, 3.63) is 0 Å². The molecule has 1 heterocycles. The number of hydrogen-bond donors (Lipinski definition) is 1. The van der Waals surface area contributed by atoms with E-state index in [2.05, 4.69) is 13.8 Å². The molecule has 1 aliphatic heterocycles. The molecule has 2 heteroatoms. The summed E-state index contributed by atoms with van der Waals surface area (Å²) in [5.74, 6) is 1.26. The van der Waals surface area contributed by atoms with Crippen molar-refractivity contribution in [1.29, 1.82) is 0 Å². The first kappa shape index (κ1) is 13.4. The third-order valence-corrected chi connectivity index (χ3v) is 4.84. The van der Waals surface area contributed by atoms with Crippen LogP contribution >= 0.6 is 0 Å². The molecule has 0 aromatic rings. The molecule has 100 valence electrons. The van der Waals surface area contributed by atoms with E-state index in [0.717, 1.165) is 32.5 Å². The molecule has 17 heavy (non-hydrogen) atoms. The highest BCUT2D eigenvalue weighted by atomic mass is 16.5. The van der Waals surface area contributed by atoms with E-state index in [1.54, 1.807) is 0 Å². The number of aliphatic hydroxyl groups excluding tert-OH is 1. The molecule has 1 unspecified atom stereocenters. The van der Waals surface area contributed by atoms with Crippen LogP contribution in [-0.4, -0.2) is 24.4 Å². The Morgan fingerprint density at radius 3 is 2.29 bits per heavy atom. The predicted octanol–water partition coefficient (Wildman–Crippen LogP) is 3.38. The second-order valence-corrected chi connectivity index (χ2v) is 6.86. The Balaban J connectivity index is 1.74. The second-order valence-electron chi connectivity index (χ2n) is 6.86. The van der Waals surface area contributed by atoms with Crippen LogP contribution in [0.3, 0.4) is 0 Å². The molecule has 0 aromatic carbocycles. The average Bonchev–Trinajstić information content (AvgIpc) is 2.30. The fourth-order valence-corrected chi connectivity index (χ4v) is 3.32. The van der Waals surface area contributed by atoms with Crippen LogP contribution in [0.2, 0.25) is 0 Å². The van der Waals surface area contributed by atoms with E-state index < -0.39 is 0 Å². The molecule has 1 saturated carbocycles. The Morgan fingerprint density at radius 2 is 1.71 bits per heavy atom. The van der Waals surface area contributed by atoms with Crippen molar-refractivity contribution < 1.29 is 9.84 Å². The topological polar surface area (TPSA) is 29.5 Å². The summed E-state index contributed by atoms with van der Waals surface area (Å²) in [4.78, 5) is 0. The van der Waals surface area contributed by atoms with Crippen molar-refractivity contribution in [1.82, 2.24) is 0 Å². The van der Waals surface area contributed by atoms with Crippen LogP contribution < -0.4 is 0 Å². The molecule has 0 amide bonds. The molecule has 1 atom stereocenters. The summed E-state index contributed by atoms with van der Waals surface area (Å²) in [7, 11) is 0. The van der Waals surface area contributed by atoms with Gasteiger partial charge in [-0.25, -0.2) is 0 Å². The zero-order valence-corrected chi connectivity index (χ0v) is 11.5. The number of ether oxygens (including phenoxy) is 1. The van der Waals surface area contributed by atoms with Gasteiger partial charge in [-0.05, 0) is 62.2 Å². The van der Waals surface area contributed by atoms with Crippen LogP contribution in [0.25, 0.3) is 0 Å². The van der Waals surface area contributed by atoms with Crippen molar-refractivity contribution in [3.63, 3.8) is 0 Å². The van der Waals surface area contributed by atoms with E-state index in [1.165, 1.54) is 25.7 Å². The van der Waals surface area contributed by atoms with Gasteiger partial charge in [0.2, 0.25) is 0 Å². The van der Waals surface area contributed by atoms with E-state index in [1.807, 2.05) is 0 Å². The second kappa shape index (κ2) is 5.71. The Hall–Kier alpha value is -0.0800. The first-order valence-corrected chi connectivity index (χ1v) is 7.33. The van der Waals surface area contributed by atoms with Crippen molar-refractivity contribution in [3.8, 4) is 0 Å². The lowest BCUT2D eigenvalue weighted by atomic mass is 9.70. The van der Waals surface area contributed by atoms with Crippen molar-refractivity contribution >= 4 is 0 Å². The van der Waals surface area contributed by atoms with Crippen LogP contribution in [0.1, 0.15) is 58.8 Å². The number of aliphatic hydroxyl groups is 1. The monoisotopic (exact) mass is 240 g/mol. The van der Waals surface area contributed by atoms with Crippen molar-refractivity contribution in [2.45, 2.75) is 64.9 Å². The predicted molar refractivity (Wildman–Crippen MR) is 69.9 cm³/mol. The summed E-state index contributed by atoms with van der Waals surface area (Å²) in [5, 5.41) is 10.4. The maximum atomic E-state index is 10.4. The quantitative estimate of drug-likeness (QED) is 0.819. The Kier molecular flexibility index (Phi) is 4.48. The maximum absolute atomic E-state index is 10.4. The molecule has 1 N–H and O–H groups in total. The van der Waals surface area contributed by atoms with Gasteiger partial charge in [-0.1, -0.05) is 13.8 Å². The van der Waals surface area contributed by atoms with Crippen molar-refractivity contribution in [2.75, 3.05) is 13.2 Å². The van der Waals surface area contributed by atoms with Crippen LogP contribution in [0, 0.1) is 17.3 Å². The SMILES string of the molecule is CC1(C)CCC(C(O)CC2CCOCC2)CC1. The molecule has 1 aliphatic carbocycles. The Bertz CT molecular complexity index is 221. The van der Waals surface area contributed by atoms with Gasteiger partial charge in [-0.3, -0.25) is 0 Å². The van der Waals surface area contributed by atoms with Gasteiger partial charge in [-0.15, -0.1) is 0 Å². The first-order chi connectivity index (χ1) is 8.07. The Morgan fingerprint density at radius 1 is 1.12 bits per heavy atom. The summed E-state index contributed by atoms with van der Waals surface area (Å²) in [6, 6.07) is 0. The van der Waals surface area contributed by atoms with E-state index in [-0.39, 0.29) is 6.10 Å². The number of rotatable bonds is 3. The third-order valence-electron chi connectivity index (χ3n) is 4.84. The molecule has 0 radical (unpaired) electrons. The molecule has 2 aliphatic rings. The molecule has 2 fully saturated rings. The molecule has 0 aromatic heterocycles. The minimum Gasteiger partial charge on any atom is -0.393 e. The molecular formula is C15H28O2. The highest BCUT2D eigenvalue weighted by Crippen LogP contribution is 2.40. The molecular weight excluding hydrogens is 212 g/mol. The molecule has 1 saturated heterocycles. The fourth-order valence-electron chi connectivity index (χ4n) is 3.32. The Labute approximate surface area is 106 Å². The zero-order chi connectivity index (χ0) is 12.3. The summed E-state index contributed by atoms with van der Waals surface area (Å²) in [6.45, 7) is 6.51. The fraction of sp³-hybridized carbons (Fsp3) is 1.00. The third kappa shape index (κ3) is 3.96. The minimum atomic E-state index is -0.0609. The smallest absolute Gasteiger partial charge is 0.0571 e. The average molecular weight is 240 g/mol. The van der Waals surface area contributed by atoms with Gasteiger partial charge in [0.15, 0.2) is 0 Å². The van der Waals surface area contributed by atoms with Gasteiger partial charge in [0.05, 0.1) is 6.10 Å². The van der Waals surface area contributed by atoms with Gasteiger partial charge in [0.1, 0.15) is 0 Å². The normalized spacial score (nSPS) is 29.1. The molecule has 0 bridgehead atoms. The standard InChI is InChI=1S/C15H28O2/c1-15(2)7-3-13(4-8-15)14(16)11-12-5-9-17-10-6-12/h12-14,16H,3-11H2,1-2H3. The van der Waals surface area contributed by atoms with Gasteiger partial charge in [-0.2, -0.15) is 0 Å². The zero-order valence-electron chi connectivity index (χ0n) is 11.5. The maximum Gasteiger partial charge on any atom is 0.0571 e. The largest absolute Gasteiger partial charge is 0.393 e. The van der Waals surface area contributed by atoms with Gasteiger partial charge in [0.25, 0.3) is 0 Å². The lowest BCUT2D eigenvalue weighted by Gasteiger charge is -2.37. The minimum absolute atomic E-state index is 0.0609. The lowest BCUT2D eigenvalue weighted by Crippen LogP contribution is -2.31. The first-order valence-electron chi connectivity index (χ1n) is 7.33. The van der Waals surface area contributed by atoms with Crippen LogP contribution in [0.15, 0.2) is 0 Å². The summed E-state index contributed by atoms with van der Waals surface area (Å²) in [5.41, 5.74) is 0.509. The summed E-state index contributed by atoms with van der Waals surface area (Å²) in [6.07, 6.45) is 8.24. The van der Waals surface area contributed by atoms with Gasteiger partial charge < -0.3 is 9.84 Å². The molecule has 2 nitrogen and oxygen atoms in total. The highest BCUT2D eigenvalue weighted by molar-refractivity contribution is 4.83. The summed E-state index contributed by atoms with van der Waals surface area (Å²) < 4.78 is 5.37. The van der Waals surface area contributed by atoms with E-state index in [9.17, 15) is 5.11 Å². The van der Waals surface area contributed by atoms with E-state index in [4.69, 9.17) is 4.74 Å². The lowest BCUT2D eigenvalue weighted by molar-refractivity contribution is 0.0109. The van der Waals surface area contributed by atoms with Crippen LogP contribution in [0.4, 0.5) is 0 Å². The molecule has 0 spiro atoms. The van der Waals surface area contributed by atoms with Crippen molar-refractivity contribution in [2.24, 2.45) is 17.3 Å². The van der Waals surface area contributed by atoms with E-state index in [0.29, 0.717) is 17.3 Å². The highest BCUT2D eigenvalue weighted by Gasteiger charge is 2.31. The summed E-state index contributed by atoms with van der Waals surface area (Å²) >= 11 is 0. The van der Waals surface area contributed by atoms with Crippen LogP contribution in [0.5, 0.6) is 0 Å². The molecule has 2 rings (SSSR count). The number of hydrogen-bond acceptors (Lipinski definition) is 2. The van der Waals surface area contributed by atoms with E-state index >= 15 is 0 Å². The van der Waals surface area contributed by atoms with Crippen LogP contribution in [-0.2, 0) is 4.74 Å². The van der Waals surface area contributed by atoms with Gasteiger partial charge in [0, 0.05) is 13.2 Å². The van der Waals surface area contributed by atoms with Gasteiger partial charge >= 0.3 is 0 Å².